The Kier molecular flexibility index (Phi) is 3.78. The molecule has 3 N–H and O–H groups in total. The van der Waals surface area contributed by atoms with Crippen molar-refractivity contribution in [2.45, 2.75) is 31.8 Å². The number of likely N-dealkylation sites (tertiary alicyclic amines) is 1. The predicted octanol–water partition coefficient (Wildman–Crippen LogP) is 1.71. The first-order valence-electron chi connectivity index (χ1n) is 6.43. The topological polar surface area (TPSA) is 58.7 Å². The fourth-order valence-corrected chi connectivity index (χ4v) is 2.59. The number of nitrogens with two attached hydrogens (primary N) is 1. The van der Waals surface area contributed by atoms with Gasteiger partial charge in [0.15, 0.2) is 11.5 Å². The lowest BCUT2D eigenvalue weighted by atomic mass is 10.0. The van der Waals surface area contributed by atoms with Crippen LogP contribution in [-0.2, 0) is 6.42 Å². The third kappa shape index (κ3) is 2.76. The van der Waals surface area contributed by atoms with E-state index in [1.807, 2.05) is 12.1 Å². The summed E-state index contributed by atoms with van der Waals surface area (Å²) < 4.78 is 5.12. The number of phenolic OH excluding ortho intramolecular Hbond substituents is 1. The second kappa shape index (κ2) is 5.16. The zero-order valence-corrected chi connectivity index (χ0v) is 11.1. The molecule has 0 radical (unpaired) electrons. The Morgan fingerprint density at radius 3 is 2.67 bits per heavy atom. The number of phenols is 1. The average molecular weight is 250 g/mol. The largest absolute Gasteiger partial charge is 0.504 e. The highest BCUT2D eigenvalue weighted by Crippen LogP contribution is 2.28. The van der Waals surface area contributed by atoms with Gasteiger partial charge in [0, 0.05) is 6.42 Å². The number of nitrogens with zero attached hydrogens (tertiary/aromatic N) is 1. The average Bonchev–Trinajstić information content (AvgIpc) is 2.85. The van der Waals surface area contributed by atoms with Gasteiger partial charge in [0.1, 0.15) is 0 Å². The van der Waals surface area contributed by atoms with Crippen LogP contribution in [0.5, 0.6) is 11.5 Å². The van der Waals surface area contributed by atoms with Gasteiger partial charge in [-0.2, -0.15) is 0 Å². The van der Waals surface area contributed by atoms with E-state index in [-0.39, 0.29) is 11.4 Å². The van der Waals surface area contributed by atoms with Crippen LogP contribution >= 0.6 is 0 Å². The minimum absolute atomic E-state index is 0.168. The van der Waals surface area contributed by atoms with Crippen molar-refractivity contribution in [3.63, 3.8) is 0 Å². The molecule has 0 amide bonds. The fraction of sp³-hybridized carbons (Fsp3) is 0.571. The number of aromatic hydroxyl groups is 1. The smallest absolute Gasteiger partial charge is 0.160 e. The van der Waals surface area contributed by atoms with E-state index in [0.29, 0.717) is 5.75 Å². The van der Waals surface area contributed by atoms with Gasteiger partial charge in [-0.25, -0.2) is 0 Å². The first kappa shape index (κ1) is 13.2. The van der Waals surface area contributed by atoms with Crippen LogP contribution in [0.15, 0.2) is 18.2 Å². The molecule has 18 heavy (non-hydrogen) atoms. The molecule has 4 nitrogen and oxygen atoms in total. The first-order valence-corrected chi connectivity index (χ1v) is 6.43. The third-order valence-corrected chi connectivity index (χ3v) is 3.63. The highest BCUT2D eigenvalue weighted by atomic mass is 16.5. The molecule has 0 spiro atoms. The van der Waals surface area contributed by atoms with E-state index < -0.39 is 0 Å². The van der Waals surface area contributed by atoms with E-state index >= 15 is 0 Å². The zero-order valence-electron chi connectivity index (χ0n) is 11.1. The van der Waals surface area contributed by atoms with E-state index in [1.54, 1.807) is 13.2 Å². The maximum absolute atomic E-state index is 9.58. The summed E-state index contributed by atoms with van der Waals surface area (Å²) in [7, 11) is 1.56. The van der Waals surface area contributed by atoms with Crippen LogP contribution in [0.1, 0.15) is 25.3 Å². The van der Waals surface area contributed by atoms with Gasteiger partial charge in [-0.15, -0.1) is 0 Å². The molecule has 1 aliphatic heterocycles. The molecular formula is C14H22N2O2. The molecule has 0 saturated carbocycles. The highest BCUT2D eigenvalue weighted by molar-refractivity contribution is 5.42. The van der Waals surface area contributed by atoms with Crippen LogP contribution in [0.2, 0.25) is 0 Å². The molecule has 0 aliphatic carbocycles. The maximum Gasteiger partial charge on any atom is 0.160 e. The molecule has 1 heterocycles. The van der Waals surface area contributed by atoms with Crippen LogP contribution in [0.3, 0.4) is 0 Å². The van der Waals surface area contributed by atoms with E-state index in [4.69, 9.17) is 10.5 Å². The van der Waals surface area contributed by atoms with Crippen molar-refractivity contribution < 1.29 is 9.84 Å². The molecule has 1 atom stereocenters. The molecule has 0 aromatic heterocycles. The second-order valence-corrected chi connectivity index (χ2v) is 5.23. The van der Waals surface area contributed by atoms with Crippen LogP contribution in [0.25, 0.3) is 0 Å². The molecule has 2 rings (SSSR count). The summed E-state index contributed by atoms with van der Waals surface area (Å²) in [5, 5.41) is 9.58. The van der Waals surface area contributed by atoms with E-state index in [9.17, 15) is 5.11 Å². The Morgan fingerprint density at radius 1 is 1.39 bits per heavy atom. The summed E-state index contributed by atoms with van der Waals surface area (Å²) in [5.74, 6) is 0.672. The Morgan fingerprint density at radius 2 is 2.06 bits per heavy atom. The molecular weight excluding hydrogens is 228 g/mol. The van der Waals surface area contributed by atoms with E-state index in [0.717, 1.165) is 25.1 Å². The van der Waals surface area contributed by atoms with Gasteiger partial charge in [0.25, 0.3) is 0 Å². The highest BCUT2D eigenvalue weighted by Gasteiger charge is 2.29. The Labute approximate surface area is 108 Å². The number of hydrogen-bond acceptors (Lipinski definition) is 4. The lowest BCUT2D eigenvalue weighted by Crippen LogP contribution is -2.53. The predicted molar refractivity (Wildman–Crippen MR) is 71.8 cm³/mol. The van der Waals surface area contributed by atoms with Gasteiger partial charge in [-0.1, -0.05) is 6.07 Å². The molecule has 100 valence electrons. The molecule has 4 heteroatoms. The minimum atomic E-state index is -0.335. The van der Waals surface area contributed by atoms with Gasteiger partial charge >= 0.3 is 0 Å². The van der Waals surface area contributed by atoms with Crippen molar-refractivity contribution in [2.75, 3.05) is 20.2 Å². The van der Waals surface area contributed by atoms with Crippen LogP contribution in [0, 0.1) is 0 Å². The Bertz CT molecular complexity index is 412. The van der Waals surface area contributed by atoms with Crippen molar-refractivity contribution in [3.8, 4) is 11.5 Å². The quantitative estimate of drug-likeness (QED) is 0.854. The Hall–Kier alpha value is -1.26. The first-order chi connectivity index (χ1) is 8.53. The lowest BCUT2D eigenvalue weighted by Gasteiger charge is -2.35. The van der Waals surface area contributed by atoms with Crippen LogP contribution in [-0.4, -0.2) is 35.9 Å². The molecule has 1 aromatic carbocycles. The summed E-state index contributed by atoms with van der Waals surface area (Å²) in [5.41, 5.74) is 7.16. The number of hydrogen-bond donors (Lipinski definition) is 2. The molecule has 1 aromatic rings. The van der Waals surface area contributed by atoms with Crippen LogP contribution < -0.4 is 10.5 Å². The summed E-state index contributed by atoms with van der Waals surface area (Å²) in [6.45, 7) is 4.21. The maximum atomic E-state index is 9.58. The second-order valence-electron chi connectivity index (χ2n) is 5.23. The summed E-state index contributed by atoms with van der Waals surface area (Å²) in [6, 6.07) is 5.42. The SMILES string of the molecule is COc1cc(CC(C)(N)N2CCCC2)ccc1O. The van der Waals surface area contributed by atoms with Gasteiger partial charge in [-0.05, 0) is 50.6 Å². The number of ether oxygens (including phenoxy) is 1. The minimum Gasteiger partial charge on any atom is -0.504 e. The van der Waals surface area contributed by atoms with Crippen molar-refractivity contribution in [3.05, 3.63) is 23.8 Å². The normalized spacial score (nSPS) is 19.7. The van der Waals surface area contributed by atoms with Crippen LogP contribution in [0.4, 0.5) is 0 Å². The lowest BCUT2D eigenvalue weighted by molar-refractivity contribution is 0.141. The van der Waals surface area contributed by atoms with Crippen molar-refractivity contribution in [1.29, 1.82) is 0 Å². The third-order valence-electron chi connectivity index (χ3n) is 3.63. The summed E-state index contributed by atoms with van der Waals surface area (Å²) in [4.78, 5) is 2.33. The number of benzene rings is 1. The standard InChI is InChI=1S/C14H22N2O2/c1-14(15,16-7-3-4-8-16)10-11-5-6-12(17)13(9-11)18-2/h5-6,9,17H,3-4,7-8,10,15H2,1-2H3. The number of methoxy groups -OCH3 is 1. The van der Waals surface area contributed by atoms with Crippen molar-refractivity contribution in [2.24, 2.45) is 5.73 Å². The monoisotopic (exact) mass is 250 g/mol. The zero-order chi connectivity index (χ0) is 13.2. The van der Waals surface area contributed by atoms with Gasteiger partial charge in [0.05, 0.1) is 12.8 Å². The number of rotatable bonds is 4. The van der Waals surface area contributed by atoms with Crippen molar-refractivity contribution >= 4 is 0 Å². The molecule has 1 unspecified atom stereocenters. The van der Waals surface area contributed by atoms with Gasteiger partial charge in [-0.3, -0.25) is 4.90 Å². The Balaban J connectivity index is 2.12. The van der Waals surface area contributed by atoms with E-state index in [1.165, 1.54) is 12.8 Å². The van der Waals surface area contributed by atoms with E-state index in [2.05, 4.69) is 11.8 Å². The van der Waals surface area contributed by atoms with Gasteiger partial charge in [0.2, 0.25) is 0 Å². The molecule has 1 fully saturated rings. The fourth-order valence-electron chi connectivity index (χ4n) is 2.59. The molecule has 1 aliphatic rings. The van der Waals surface area contributed by atoms with Crippen molar-refractivity contribution in [1.82, 2.24) is 4.90 Å². The molecule has 1 saturated heterocycles. The van der Waals surface area contributed by atoms with Gasteiger partial charge < -0.3 is 15.6 Å². The summed E-state index contributed by atoms with van der Waals surface area (Å²) in [6.07, 6.45) is 3.21. The summed E-state index contributed by atoms with van der Waals surface area (Å²) >= 11 is 0. The molecule has 0 bridgehead atoms.